The molecule has 5 nitrogen and oxygen atoms in total. The van der Waals surface area contributed by atoms with Crippen LogP contribution >= 0.6 is 34.8 Å². The van der Waals surface area contributed by atoms with Crippen LogP contribution in [0, 0.1) is 0 Å². The summed E-state index contributed by atoms with van der Waals surface area (Å²) in [6, 6.07) is 12.6. The van der Waals surface area contributed by atoms with E-state index in [9.17, 15) is 4.79 Å². The van der Waals surface area contributed by atoms with Crippen molar-refractivity contribution >= 4 is 40.9 Å². The van der Waals surface area contributed by atoms with Crippen molar-refractivity contribution in [2.45, 2.75) is 26.2 Å². The number of benzene rings is 2. The molecule has 1 N–H and O–H groups in total. The summed E-state index contributed by atoms with van der Waals surface area (Å²) in [4.78, 5) is 12.2. The van der Waals surface area contributed by atoms with Crippen molar-refractivity contribution in [3.63, 3.8) is 0 Å². The van der Waals surface area contributed by atoms with Gasteiger partial charge in [-0.1, -0.05) is 54.2 Å². The van der Waals surface area contributed by atoms with Gasteiger partial charge in [-0.05, 0) is 54.8 Å². The summed E-state index contributed by atoms with van der Waals surface area (Å²) in [6.07, 6.45) is 3.17. The molecule has 0 atom stereocenters. The van der Waals surface area contributed by atoms with Crippen molar-refractivity contribution in [1.82, 2.24) is 15.1 Å². The molecule has 8 heteroatoms. The average Bonchev–Trinajstić information content (AvgIpc) is 3.07. The Kier molecular flexibility index (Phi) is 7.42. The summed E-state index contributed by atoms with van der Waals surface area (Å²) >= 11 is 18.0. The van der Waals surface area contributed by atoms with Crippen LogP contribution in [-0.4, -0.2) is 22.4 Å². The highest BCUT2D eigenvalue weighted by molar-refractivity contribution is 6.35. The second kappa shape index (κ2) is 10.0. The molecule has 0 saturated heterocycles. The number of carbonyl (C=O) groups excluding carboxylic acids is 1. The van der Waals surface area contributed by atoms with Crippen molar-refractivity contribution in [2.75, 3.05) is 6.54 Å². The van der Waals surface area contributed by atoms with E-state index in [1.807, 2.05) is 18.2 Å². The summed E-state index contributed by atoms with van der Waals surface area (Å²) in [7, 11) is 0. The van der Waals surface area contributed by atoms with Gasteiger partial charge in [0.2, 0.25) is 0 Å². The van der Waals surface area contributed by atoms with Gasteiger partial charge in [0.1, 0.15) is 0 Å². The molecule has 0 fully saturated rings. The Bertz CT molecular complexity index is 987. The highest BCUT2D eigenvalue weighted by Gasteiger charge is 2.16. The van der Waals surface area contributed by atoms with Crippen LogP contribution in [0.4, 0.5) is 4.79 Å². The van der Waals surface area contributed by atoms with Crippen molar-refractivity contribution in [2.24, 2.45) is 0 Å². The number of ether oxygens (including phenoxy) is 1. The summed E-state index contributed by atoms with van der Waals surface area (Å²) in [5, 5.41) is 8.91. The van der Waals surface area contributed by atoms with Gasteiger partial charge in [-0.25, -0.2) is 9.48 Å². The molecule has 1 heterocycles. The molecule has 29 heavy (non-hydrogen) atoms. The monoisotopic (exact) mass is 451 g/mol. The molecule has 0 aliphatic carbocycles. The lowest BCUT2D eigenvalue weighted by Crippen LogP contribution is -2.29. The van der Waals surface area contributed by atoms with Gasteiger partial charge in [-0.15, -0.1) is 0 Å². The predicted molar refractivity (Wildman–Crippen MR) is 117 cm³/mol. The zero-order valence-electron chi connectivity index (χ0n) is 15.8. The van der Waals surface area contributed by atoms with Crippen LogP contribution in [0.15, 0.2) is 48.7 Å². The van der Waals surface area contributed by atoms with Gasteiger partial charge in [-0.3, -0.25) is 0 Å². The SMILES string of the molecule is CCCc1c(OC(=O)NCCc2ccc(Cl)cc2Cl)cnn1-c1ccc(Cl)cc1. The molecule has 0 saturated carbocycles. The highest BCUT2D eigenvalue weighted by atomic mass is 35.5. The number of nitrogens with zero attached hydrogens (tertiary/aromatic N) is 2. The first kappa shape index (κ1) is 21.5. The number of amides is 1. The Balaban J connectivity index is 1.64. The van der Waals surface area contributed by atoms with Gasteiger partial charge in [-0.2, -0.15) is 5.10 Å². The second-order valence-electron chi connectivity index (χ2n) is 6.40. The fraction of sp³-hybridized carbons (Fsp3) is 0.238. The third-order valence-electron chi connectivity index (χ3n) is 4.27. The maximum absolute atomic E-state index is 12.2. The molecule has 1 aromatic heterocycles. The normalized spacial score (nSPS) is 10.8. The van der Waals surface area contributed by atoms with E-state index in [1.165, 1.54) is 0 Å². The van der Waals surface area contributed by atoms with E-state index in [-0.39, 0.29) is 0 Å². The van der Waals surface area contributed by atoms with Crippen LogP contribution < -0.4 is 10.1 Å². The number of hydrogen-bond donors (Lipinski definition) is 1. The Morgan fingerprint density at radius 2 is 1.79 bits per heavy atom. The van der Waals surface area contributed by atoms with E-state index in [4.69, 9.17) is 39.5 Å². The van der Waals surface area contributed by atoms with Gasteiger partial charge < -0.3 is 10.1 Å². The molecular weight excluding hydrogens is 433 g/mol. The molecule has 3 rings (SSSR count). The van der Waals surface area contributed by atoms with E-state index in [1.54, 1.807) is 35.1 Å². The smallest absolute Gasteiger partial charge is 0.407 e. The minimum absolute atomic E-state index is 0.384. The van der Waals surface area contributed by atoms with E-state index >= 15 is 0 Å². The topological polar surface area (TPSA) is 56.1 Å². The molecule has 0 unspecified atom stereocenters. The summed E-state index contributed by atoms with van der Waals surface area (Å²) in [6.45, 7) is 2.44. The summed E-state index contributed by atoms with van der Waals surface area (Å²) in [5.41, 5.74) is 2.58. The van der Waals surface area contributed by atoms with Crippen LogP contribution in [-0.2, 0) is 12.8 Å². The van der Waals surface area contributed by atoms with Gasteiger partial charge in [0.25, 0.3) is 0 Å². The lowest BCUT2D eigenvalue weighted by molar-refractivity contribution is 0.200. The molecule has 0 aliphatic rings. The van der Waals surface area contributed by atoms with Crippen LogP contribution in [0.5, 0.6) is 5.75 Å². The summed E-state index contributed by atoms with van der Waals surface area (Å²) in [5.74, 6) is 0.434. The lowest BCUT2D eigenvalue weighted by Gasteiger charge is -2.10. The first-order valence-electron chi connectivity index (χ1n) is 9.20. The number of carbonyl (C=O) groups is 1. The number of halogens is 3. The fourth-order valence-electron chi connectivity index (χ4n) is 2.87. The van der Waals surface area contributed by atoms with E-state index < -0.39 is 6.09 Å². The van der Waals surface area contributed by atoms with Gasteiger partial charge >= 0.3 is 6.09 Å². The Morgan fingerprint density at radius 1 is 1.07 bits per heavy atom. The predicted octanol–water partition coefficient (Wildman–Crippen LogP) is 6.12. The average molecular weight is 453 g/mol. The Labute approximate surface area is 184 Å². The maximum atomic E-state index is 12.2. The molecular formula is C21H20Cl3N3O2. The minimum atomic E-state index is -0.539. The quantitative estimate of drug-likeness (QED) is 0.470. The van der Waals surface area contributed by atoms with Gasteiger partial charge in [0, 0.05) is 21.6 Å². The molecule has 3 aromatic rings. The first-order valence-corrected chi connectivity index (χ1v) is 10.3. The van der Waals surface area contributed by atoms with Crippen LogP contribution in [0.2, 0.25) is 15.1 Å². The molecule has 0 spiro atoms. The molecule has 0 aliphatic heterocycles. The first-order chi connectivity index (χ1) is 14.0. The van der Waals surface area contributed by atoms with Crippen molar-refractivity contribution < 1.29 is 9.53 Å². The number of rotatable bonds is 7. The Hall–Kier alpha value is -2.21. The molecule has 152 valence electrons. The number of nitrogens with one attached hydrogen (secondary N) is 1. The van der Waals surface area contributed by atoms with Crippen molar-refractivity contribution in [3.05, 3.63) is 75.0 Å². The standard InChI is InChI=1S/C21H20Cl3N3O2/c1-2-3-19-20(13-26-27(19)17-8-6-15(22)7-9-17)29-21(28)25-11-10-14-4-5-16(23)12-18(14)24/h4-9,12-13H,2-3,10-11H2,1H3,(H,25,28). The largest absolute Gasteiger partial charge is 0.412 e. The maximum Gasteiger partial charge on any atom is 0.412 e. The molecule has 0 radical (unpaired) electrons. The second-order valence-corrected chi connectivity index (χ2v) is 7.68. The van der Waals surface area contributed by atoms with Crippen molar-refractivity contribution in [1.29, 1.82) is 0 Å². The van der Waals surface area contributed by atoms with E-state index in [0.717, 1.165) is 23.4 Å². The minimum Gasteiger partial charge on any atom is -0.407 e. The third-order valence-corrected chi connectivity index (χ3v) is 5.11. The van der Waals surface area contributed by atoms with Crippen LogP contribution in [0.3, 0.4) is 0 Å². The van der Waals surface area contributed by atoms with Gasteiger partial charge in [0.05, 0.1) is 17.6 Å². The summed E-state index contributed by atoms with van der Waals surface area (Å²) < 4.78 is 7.26. The van der Waals surface area contributed by atoms with Crippen LogP contribution in [0.1, 0.15) is 24.6 Å². The highest BCUT2D eigenvalue weighted by Crippen LogP contribution is 2.24. The van der Waals surface area contributed by atoms with E-state index in [2.05, 4.69) is 17.3 Å². The number of hydrogen-bond acceptors (Lipinski definition) is 3. The van der Waals surface area contributed by atoms with Crippen LogP contribution in [0.25, 0.3) is 5.69 Å². The number of aromatic nitrogens is 2. The van der Waals surface area contributed by atoms with Crippen molar-refractivity contribution in [3.8, 4) is 11.4 Å². The zero-order chi connectivity index (χ0) is 20.8. The lowest BCUT2D eigenvalue weighted by atomic mass is 10.1. The Morgan fingerprint density at radius 3 is 2.48 bits per heavy atom. The zero-order valence-corrected chi connectivity index (χ0v) is 18.1. The van der Waals surface area contributed by atoms with Gasteiger partial charge in [0.15, 0.2) is 5.75 Å². The fourth-order valence-corrected chi connectivity index (χ4v) is 3.50. The molecule has 2 aromatic carbocycles. The molecule has 0 bridgehead atoms. The van der Waals surface area contributed by atoms with E-state index in [0.29, 0.717) is 40.2 Å². The third kappa shape index (κ3) is 5.66. The molecule has 1 amide bonds.